The Morgan fingerprint density at radius 1 is 1.10 bits per heavy atom. The van der Waals surface area contributed by atoms with Gasteiger partial charge < -0.3 is 9.41 Å². The highest BCUT2D eigenvalue weighted by molar-refractivity contribution is 7.13. The number of aromatic amines is 1. The molecule has 0 fully saturated rings. The van der Waals surface area contributed by atoms with Gasteiger partial charge in [0.2, 0.25) is 0 Å². The summed E-state index contributed by atoms with van der Waals surface area (Å²) >= 11 is 1.89. The van der Waals surface area contributed by atoms with Crippen LogP contribution in [0.1, 0.15) is 55.9 Å². The van der Waals surface area contributed by atoms with Gasteiger partial charge in [0.05, 0.1) is 0 Å². The second-order valence-electron chi connectivity index (χ2n) is 10.4. The molecule has 0 saturated heterocycles. The summed E-state index contributed by atoms with van der Waals surface area (Å²) in [5, 5.41) is 1.50. The van der Waals surface area contributed by atoms with Crippen LogP contribution in [0.15, 0.2) is 59.5 Å². The first-order chi connectivity index (χ1) is 14.6. The van der Waals surface area contributed by atoms with Crippen LogP contribution in [0.25, 0.3) is 16.5 Å². The van der Waals surface area contributed by atoms with Crippen LogP contribution in [-0.4, -0.2) is 13.3 Å². The molecule has 0 saturated carbocycles. The number of aromatic nitrogens is 1. The Morgan fingerprint density at radius 2 is 1.84 bits per heavy atom. The molecular weight excluding hydrogens is 414 g/mol. The number of aryl methyl sites for hydroxylation is 1. The van der Waals surface area contributed by atoms with E-state index in [2.05, 4.69) is 95.3 Å². The lowest BCUT2D eigenvalue weighted by molar-refractivity contribution is 0.396. The van der Waals surface area contributed by atoms with Gasteiger partial charge in [-0.2, -0.15) is 0 Å². The van der Waals surface area contributed by atoms with Crippen molar-refractivity contribution < 1.29 is 4.43 Å². The summed E-state index contributed by atoms with van der Waals surface area (Å²) in [6.07, 6.45) is 5.28. The third-order valence-electron chi connectivity index (χ3n) is 7.02. The van der Waals surface area contributed by atoms with Crippen LogP contribution >= 0.6 is 11.3 Å². The highest BCUT2D eigenvalue weighted by Gasteiger charge is 2.41. The Kier molecular flexibility index (Phi) is 5.82. The Balaban J connectivity index is 1.77. The fraction of sp³-hybridized carbons (Fsp3) is 0.407. The average Bonchev–Trinajstić information content (AvgIpc) is 3.40. The van der Waals surface area contributed by atoms with Crippen molar-refractivity contribution in [1.82, 2.24) is 4.98 Å². The fourth-order valence-electron chi connectivity index (χ4n) is 4.10. The number of rotatable bonds is 5. The van der Waals surface area contributed by atoms with Crippen molar-refractivity contribution in [2.45, 2.75) is 72.0 Å². The summed E-state index contributed by atoms with van der Waals surface area (Å²) in [5.41, 5.74) is 6.85. The molecule has 3 aromatic rings. The van der Waals surface area contributed by atoms with E-state index in [1.165, 1.54) is 48.7 Å². The first kappa shape index (κ1) is 22.2. The molecule has 31 heavy (non-hydrogen) atoms. The van der Waals surface area contributed by atoms with E-state index in [-0.39, 0.29) is 5.04 Å². The summed E-state index contributed by atoms with van der Waals surface area (Å²) < 4.78 is 7.04. The molecule has 2 aromatic heterocycles. The number of H-pyrrole nitrogens is 1. The van der Waals surface area contributed by atoms with E-state index in [4.69, 9.17) is 4.43 Å². The topological polar surface area (TPSA) is 25.0 Å². The Labute approximate surface area is 192 Å². The van der Waals surface area contributed by atoms with E-state index in [0.717, 1.165) is 19.3 Å². The smallest absolute Gasteiger partial charge is 0.250 e. The second-order valence-corrected chi connectivity index (χ2v) is 16.4. The van der Waals surface area contributed by atoms with Crippen LogP contribution < -0.4 is 0 Å². The van der Waals surface area contributed by atoms with Gasteiger partial charge in [0.15, 0.2) is 0 Å². The third kappa shape index (κ3) is 4.33. The van der Waals surface area contributed by atoms with Crippen LogP contribution in [-0.2, 0) is 10.8 Å². The number of allylic oxidation sites excluding steroid dienone is 3. The van der Waals surface area contributed by atoms with Gasteiger partial charge in [-0.3, -0.25) is 0 Å². The van der Waals surface area contributed by atoms with Gasteiger partial charge >= 0.3 is 0 Å². The monoisotopic (exact) mass is 449 g/mol. The number of hydrogen-bond acceptors (Lipinski definition) is 2. The highest BCUT2D eigenvalue weighted by Crippen LogP contribution is 2.47. The normalized spacial score (nSPS) is 17.0. The average molecular weight is 450 g/mol. The zero-order valence-electron chi connectivity index (χ0n) is 20.0. The van der Waals surface area contributed by atoms with Crippen molar-refractivity contribution in [1.29, 1.82) is 0 Å². The molecule has 0 radical (unpaired) electrons. The van der Waals surface area contributed by atoms with Crippen molar-refractivity contribution >= 4 is 36.1 Å². The maximum absolute atomic E-state index is 7.04. The molecule has 4 rings (SSSR count). The Morgan fingerprint density at radius 3 is 2.52 bits per heavy atom. The van der Waals surface area contributed by atoms with Crippen LogP contribution in [0.4, 0.5) is 0 Å². The number of nitrogens with one attached hydrogen (secondary N) is 1. The number of para-hydroxylation sites is 1. The van der Waals surface area contributed by atoms with Gasteiger partial charge in [-0.15, -0.1) is 11.3 Å². The zero-order valence-corrected chi connectivity index (χ0v) is 21.8. The van der Waals surface area contributed by atoms with E-state index < -0.39 is 8.32 Å². The maximum Gasteiger partial charge on any atom is 0.250 e. The largest absolute Gasteiger partial charge is 0.543 e. The molecule has 1 aromatic carbocycles. The molecule has 1 N–H and O–H groups in total. The summed E-state index contributed by atoms with van der Waals surface area (Å²) in [7, 11) is -1.94. The molecule has 4 heteroatoms. The van der Waals surface area contributed by atoms with Crippen LogP contribution in [0, 0.1) is 6.92 Å². The van der Waals surface area contributed by atoms with Crippen LogP contribution in [0.2, 0.25) is 18.1 Å². The molecular formula is C27H35NOSSi. The lowest BCUT2D eigenvalue weighted by Crippen LogP contribution is -2.40. The summed E-state index contributed by atoms with van der Waals surface area (Å²) in [6, 6.07) is 13.1. The second kappa shape index (κ2) is 8.14. The van der Waals surface area contributed by atoms with Crippen molar-refractivity contribution in [2.75, 3.05) is 0 Å². The van der Waals surface area contributed by atoms with E-state index in [0.29, 0.717) is 0 Å². The number of benzene rings is 1. The van der Waals surface area contributed by atoms with Crippen molar-refractivity contribution in [3.05, 3.63) is 74.8 Å². The lowest BCUT2D eigenvalue weighted by atomic mass is 10.00. The minimum Gasteiger partial charge on any atom is -0.543 e. The van der Waals surface area contributed by atoms with Gasteiger partial charge in [0, 0.05) is 32.4 Å². The van der Waals surface area contributed by atoms with Crippen molar-refractivity contribution in [3.8, 4) is 0 Å². The first-order valence-electron chi connectivity index (χ1n) is 11.3. The van der Waals surface area contributed by atoms with Crippen LogP contribution in [0.5, 0.6) is 0 Å². The van der Waals surface area contributed by atoms with Gasteiger partial charge in [-0.25, -0.2) is 0 Å². The van der Waals surface area contributed by atoms with E-state index in [1.807, 2.05) is 11.3 Å². The first-order valence-corrected chi connectivity index (χ1v) is 15.0. The quantitative estimate of drug-likeness (QED) is 0.387. The Bertz CT molecular complexity index is 1170. The standard InChI is InChI=1S/C27H35NOSSi/c1-18(16-20-17-28-24-11-9-8-10-22(20)24)21-13-14-23(25-15-12-19(2)30-25)26(21)29-31(6,7)27(3,4)5/h8-12,15,17,28H,13-14,16H2,1-7H3/b21-18-. The van der Waals surface area contributed by atoms with Gasteiger partial charge in [-0.1, -0.05) is 44.5 Å². The third-order valence-corrected chi connectivity index (χ3v) is 12.4. The number of thiophene rings is 1. The minimum atomic E-state index is -1.94. The summed E-state index contributed by atoms with van der Waals surface area (Å²) in [4.78, 5) is 6.17. The predicted octanol–water partition coefficient (Wildman–Crippen LogP) is 8.62. The van der Waals surface area contributed by atoms with E-state index >= 15 is 0 Å². The molecule has 1 aliphatic rings. The molecule has 164 valence electrons. The zero-order chi connectivity index (χ0) is 22.4. The summed E-state index contributed by atoms with van der Waals surface area (Å²) in [5.74, 6) is 1.19. The number of fused-ring (bicyclic) bond motifs is 1. The summed E-state index contributed by atoms with van der Waals surface area (Å²) in [6.45, 7) is 16.2. The number of hydrogen-bond donors (Lipinski definition) is 1. The lowest BCUT2D eigenvalue weighted by Gasteiger charge is -2.37. The van der Waals surface area contributed by atoms with Gasteiger partial charge in [-0.05, 0) is 80.6 Å². The molecule has 0 amide bonds. The molecule has 0 aliphatic heterocycles. The molecule has 1 aliphatic carbocycles. The predicted molar refractivity (Wildman–Crippen MR) is 138 cm³/mol. The molecule has 0 bridgehead atoms. The van der Waals surface area contributed by atoms with Crippen LogP contribution in [0.3, 0.4) is 0 Å². The van der Waals surface area contributed by atoms with Gasteiger partial charge in [0.1, 0.15) is 5.76 Å². The maximum atomic E-state index is 7.04. The molecule has 0 atom stereocenters. The highest BCUT2D eigenvalue weighted by atomic mass is 32.1. The van der Waals surface area contributed by atoms with Gasteiger partial charge in [0.25, 0.3) is 8.32 Å². The van der Waals surface area contributed by atoms with E-state index in [9.17, 15) is 0 Å². The van der Waals surface area contributed by atoms with E-state index in [1.54, 1.807) is 0 Å². The molecule has 0 spiro atoms. The molecule has 2 heterocycles. The Hall–Kier alpha value is -2.04. The molecule has 2 nitrogen and oxygen atoms in total. The fourth-order valence-corrected chi connectivity index (χ4v) is 6.10. The SMILES string of the molecule is C/C(Cc1c[nH]c2ccccc12)=C1\CCC(c2ccc(C)s2)=C1O[Si](C)(C)C(C)(C)C. The van der Waals surface area contributed by atoms with Crippen molar-refractivity contribution in [2.24, 2.45) is 0 Å². The van der Waals surface area contributed by atoms with Crippen molar-refractivity contribution in [3.63, 3.8) is 0 Å². The molecule has 0 unspecified atom stereocenters. The minimum absolute atomic E-state index is 0.176.